The number of anilines is 1. The van der Waals surface area contributed by atoms with Gasteiger partial charge in [0.25, 0.3) is 11.6 Å². The summed E-state index contributed by atoms with van der Waals surface area (Å²) in [6.45, 7) is 0. The van der Waals surface area contributed by atoms with Gasteiger partial charge in [-0.05, 0) is 18.4 Å². The molecule has 1 N–H and O–H groups in total. The van der Waals surface area contributed by atoms with Crippen LogP contribution in [0, 0.1) is 10.1 Å². The van der Waals surface area contributed by atoms with Crippen LogP contribution < -0.4 is 5.32 Å². The fraction of sp³-hybridized carbons (Fsp3) is 0.0556. The van der Waals surface area contributed by atoms with Crippen molar-refractivity contribution in [2.45, 2.75) is 4.90 Å². The van der Waals surface area contributed by atoms with Crippen LogP contribution in [-0.2, 0) is 0 Å². The fourth-order valence-electron chi connectivity index (χ4n) is 2.31. The van der Waals surface area contributed by atoms with Crippen LogP contribution in [0.3, 0.4) is 0 Å². The minimum atomic E-state index is -0.580. The van der Waals surface area contributed by atoms with Crippen molar-refractivity contribution in [3.05, 3.63) is 76.6 Å². The zero-order valence-corrected chi connectivity index (χ0v) is 14.6. The summed E-state index contributed by atoms with van der Waals surface area (Å²) in [6, 6.07) is 13.9. The first kappa shape index (κ1) is 17.6. The lowest BCUT2D eigenvalue weighted by Gasteiger charge is -2.07. The molecule has 2 aromatic carbocycles. The van der Waals surface area contributed by atoms with Gasteiger partial charge >= 0.3 is 0 Å². The Balaban J connectivity index is 1.83. The number of benzene rings is 2. The van der Waals surface area contributed by atoms with Crippen molar-refractivity contribution in [1.29, 1.82) is 0 Å². The second kappa shape index (κ2) is 7.75. The number of amides is 1. The molecule has 3 rings (SSSR count). The predicted molar refractivity (Wildman–Crippen MR) is 100 cm³/mol. The van der Waals surface area contributed by atoms with E-state index in [1.807, 2.05) is 36.6 Å². The number of rotatable bonds is 5. The maximum Gasteiger partial charge on any atom is 0.282 e. The molecule has 0 aliphatic carbocycles. The van der Waals surface area contributed by atoms with Crippen LogP contribution in [0.15, 0.2) is 65.8 Å². The molecule has 0 fully saturated rings. The molecule has 0 aliphatic rings. The van der Waals surface area contributed by atoms with Gasteiger partial charge in [-0.3, -0.25) is 14.9 Å². The Morgan fingerprint density at radius 1 is 1.12 bits per heavy atom. The Bertz CT molecular complexity index is 946. The number of thioether (sulfide) groups is 1. The minimum Gasteiger partial charge on any atom is -0.319 e. The van der Waals surface area contributed by atoms with Gasteiger partial charge in [-0.15, -0.1) is 11.8 Å². The second-order valence-corrected chi connectivity index (χ2v) is 6.14. The highest BCUT2D eigenvalue weighted by Gasteiger charge is 2.21. The van der Waals surface area contributed by atoms with Crippen molar-refractivity contribution in [2.24, 2.45) is 0 Å². The molecule has 3 aromatic rings. The Labute approximate surface area is 153 Å². The number of carbonyl (C=O) groups is 1. The molecule has 0 unspecified atom stereocenters. The second-order valence-electron chi connectivity index (χ2n) is 5.26. The van der Waals surface area contributed by atoms with Crippen LogP contribution >= 0.6 is 11.8 Å². The molecule has 7 nitrogen and oxygen atoms in total. The van der Waals surface area contributed by atoms with Gasteiger partial charge in [0.05, 0.1) is 23.0 Å². The number of aromatic nitrogens is 2. The number of hydrogen-bond donors (Lipinski definition) is 1. The zero-order valence-electron chi connectivity index (χ0n) is 13.7. The first-order valence-corrected chi connectivity index (χ1v) is 8.82. The Kier molecular flexibility index (Phi) is 5.23. The predicted octanol–water partition coefficient (Wildman–Crippen LogP) is 4.03. The number of carbonyl (C=O) groups excluding carboxylic acids is 1. The van der Waals surface area contributed by atoms with E-state index in [0.29, 0.717) is 11.5 Å². The number of hydrogen-bond acceptors (Lipinski definition) is 6. The molecule has 0 saturated carbocycles. The van der Waals surface area contributed by atoms with Gasteiger partial charge in [-0.2, -0.15) is 0 Å². The summed E-state index contributed by atoms with van der Waals surface area (Å²) in [5, 5.41) is 13.8. The third-order valence-corrected chi connectivity index (χ3v) is 4.31. The average molecular weight is 366 g/mol. The van der Waals surface area contributed by atoms with E-state index >= 15 is 0 Å². The van der Waals surface area contributed by atoms with Crippen molar-refractivity contribution in [3.8, 4) is 11.4 Å². The van der Waals surface area contributed by atoms with Crippen LogP contribution in [0.1, 0.15) is 10.4 Å². The molecule has 0 saturated heterocycles. The number of nitrogens with zero attached hydrogens (tertiary/aromatic N) is 3. The molecule has 0 radical (unpaired) electrons. The first-order chi connectivity index (χ1) is 12.6. The lowest BCUT2D eigenvalue weighted by Crippen LogP contribution is -2.14. The highest BCUT2D eigenvalue weighted by Crippen LogP contribution is 2.25. The first-order valence-electron chi connectivity index (χ1n) is 7.59. The lowest BCUT2D eigenvalue weighted by atomic mass is 10.1. The number of nitrogens with one attached hydrogen (secondary N) is 1. The van der Waals surface area contributed by atoms with Crippen LogP contribution in [0.25, 0.3) is 11.4 Å². The summed E-state index contributed by atoms with van der Waals surface area (Å²) in [6.07, 6.45) is 4.77. The average Bonchev–Trinajstić information content (AvgIpc) is 2.68. The van der Waals surface area contributed by atoms with Crippen molar-refractivity contribution < 1.29 is 9.72 Å². The molecular formula is C18H14N4O3S. The van der Waals surface area contributed by atoms with E-state index in [9.17, 15) is 14.9 Å². The van der Waals surface area contributed by atoms with Gasteiger partial charge in [0.1, 0.15) is 5.56 Å². The SMILES string of the molecule is CSc1ccc([N+](=O)[O-])c(C(=O)Nc2cnc(-c3ccccc3)nc2)c1. The molecule has 130 valence electrons. The molecule has 1 heterocycles. The van der Waals surface area contributed by atoms with Crippen molar-refractivity contribution in [3.63, 3.8) is 0 Å². The van der Waals surface area contributed by atoms with E-state index in [1.54, 1.807) is 6.07 Å². The fourth-order valence-corrected chi connectivity index (χ4v) is 2.75. The van der Waals surface area contributed by atoms with Gasteiger partial charge in [0, 0.05) is 16.5 Å². The van der Waals surface area contributed by atoms with Crippen LogP contribution in [0.2, 0.25) is 0 Å². The molecule has 0 atom stereocenters. The topological polar surface area (TPSA) is 98.0 Å². The van der Waals surface area contributed by atoms with E-state index in [0.717, 1.165) is 10.5 Å². The van der Waals surface area contributed by atoms with Crippen LogP contribution in [0.4, 0.5) is 11.4 Å². The van der Waals surface area contributed by atoms with Crippen molar-refractivity contribution >= 4 is 29.0 Å². The molecule has 0 bridgehead atoms. The van der Waals surface area contributed by atoms with E-state index in [2.05, 4.69) is 15.3 Å². The molecule has 0 aliphatic heterocycles. The van der Waals surface area contributed by atoms with Crippen molar-refractivity contribution in [2.75, 3.05) is 11.6 Å². The molecule has 0 spiro atoms. The summed E-state index contributed by atoms with van der Waals surface area (Å²) in [5.41, 5.74) is 0.961. The van der Waals surface area contributed by atoms with Crippen LogP contribution in [0.5, 0.6) is 0 Å². The summed E-state index contributed by atoms with van der Waals surface area (Å²) in [7, 11) is 0. The maximum absolute atomic E-state index is 12.5. The molecule has 1 amide bonds. The molecular weight excluding hydrogens is 352 g/mol. The molecule has 1 aromatic heterocycles. The highest BCUT2D eigenvalue weighted by atomic mass is 32.2. The van der Waals surface area contributed by atoms with Gasteiger partial charge < -0.3 is 5.32 Å². The molecule has 8 heteroatoms. The van der Waals surface area contributed by atoms with Crippen LogP contribution in [-0.4, -0.2) is 27.1 Å². The summed E-state index contributed by atoms with van der Waals surface area (Å²) >= 11 is 1.40. The summed E-state index contributed by atoms with van der Waals surface area (Å²) in [5.74, 6) is -0.0531. The van der Waals surface area contributed by atoms with E-state index in [4.69, 9.17) is 0 Å². The van der Waals surface area contributed by atoms with Gasteiger partial charge in [-0.25, -0.2) is 9.97 Å². The molecule has 26 heavy (non-hydrogen) atoms. The third-order valence-electron chi connectivity index (χ3n) is 3.59. The minimum absolute atomic E-state index is 0.00557. The maximum atomic E-state index is 12.5. The quantitative estimate of drug-likeness (QED) is 0.416. The van der Waals surface area contributed by atoms with E-state index in [-0.39, 0.29) is 11.3 Å². The highest BCUT2D eigenvalue weighted by molar-refractivity contribution is 7.98. The smallest absolute Gasteiger partial charge is 0.282 e. The van der Waals surface area contributed by atoms with E-state index in [1.165, 1.54) is 36.3 Å². The Morgan fingerprint density at radius 3 is 2.42 bits per heavy atom. The van der Waals surface area contributed by atoms with Crippen molar-refractivity contribution in [1.82, 2.24) is 9.97 Å². The van der Waals surface area contributed by atoms with E-state index < -0.39 is 10.8 Å². The lowest BCUT2D eigenvalue weighted by molar-refractivity contribution is -0.385. The van der Waals surface area contributed by atoms with Gasteiger partial charge in [0.2, 0.25) is 0 Å². The van der Waals surface area contributed by atoms with Gasteiger partial charge in [-0.1, -0.05) is 30.3 Å². The monoisotopic (exact) mass is 366 g/mol. The number of nitro groups is 1. The normalized spacial score (nSPS) is 10.3. The summed E-state index contributed by atoms with van der Waals surface area (Å²) < 4.78 is 0. The standard InChI is InChI=1S/C18H14N4O3S/c1-26-14-7-8-16(22(24)25)15(9-14)18(23)21-13-10-19-17(20-11-13)12-5-3-2-4-6-12/h2-11H,1H3,(H,21,23). The number of nitro benzene ring substituents is 1. The van der Waals surface area contributed by atoms with Gasteiger partial charge in [0.15, 0.2) is 5.82 Å². The zero-order chi connectivity index (χ0) is 18.5. The summed E-state index contributed by atoms with van der Waals surface area (Å²) in [4.78, 5) is 32.3. The third kappa shape index (κ3) is 3.86. The Morgan fingerprint density at radius 2 is 1.81 bits per heavy atom. The largest absolute Gasteiger partial charge is 0.319 e. The Hall–Kier alpha value is -3.26.